The predicted octanol–water partition coefficient (Wildman–Crippen LogP) is 2.72. The van der Waals surface area contributed by atoms with E-state index in [1.54, 1.807) is 18.3 Å². The number of carbonyl (C=O) groups is 1. The van der Waals surface area contributed by atoms with Gasteiger partial charge in [0.05, 0.1) is 13.2 Å². The first kappa shape index (κ1) is 23.2. The summed E-state index contributed by atoms with van der Waals surface area (Å²) in [5.41, 5.74) is 11.2. The van der Waals surface area contributed by atoms with E-state index in [0.717, 1.165) is 42.0 Å². The maximum absolute atomic E-state index is 15.1. The number of halogens is 1. The van der Waals surface area contributed by atoms with Gasteiger partial charge >= 0.3 is 0 Å². The molecule has 0 unspecified atom stereocenters. The molecule has 35 heavy (non-hydrogen) atoms. The van der Waals surface area contributed by atoms with Crippen LogP contribution in [-0.2, 0) is 17.7 Å². The molecule has 1 fully saturated rings. The molecule has 0 spiro atoms. The van der Waals surface area contributed by atoms with Gasteiger partial charge in [-0.1, -0.05) is 12.1 Å². The van der Waals surface area contributed by atoms with Crippen molar-refractivity contribution < 1.29 is 13.9 Å². The van der Waals surface area contributed by atoms with Crippen LogP contribution in [0.5, 0.6) is 0 Å². The number of pyridine rings is 2. The summed E-state index contributed by atoms with van der Waals surface area (Å²) in [4.78, 5) is 25.1. The zero-order valence-electron chi connectivity index (χ0n) is 20.0. The number of morpholine rings is 1. The first-order chi connectivity index (χ1) is 16.9. The van der Waals surface area contributed by atoms with Crippen molar-refractivity contribution in [2.24, 2.45) is 0 Å². The van der Waals surface area contributed by atoms with Crippen LogP contribution in [0.2, 0.25) is 0 Å². The zero-order valence-corrected chi connectivity index (χ0v) is 20.0. The van der Waals surface area contributed by atoms with Crippen LogP contribution in [0, 0.1) is 5.95 Å². The highest BCUT2D eigenvalue weighted by molar-refractivity contribution is 5.97. The second-order valence-electron chi connectivity index (χ2n) is 9.18. The number of fused-ring (bicyclic) bond motifs is 1. The normalized spacial score (nSPS) is 15.8. The van der Waals surface area contributed by atoms with E-state index in [1.807, 2.05) is 32.3 Å². The van der Waals surface area contributed by atoms with E-state index >= 15 is 4.39 Å². The molecule has 2 aliphatic rings. The Morgan fingerprint density at radius 2 is 1.91 bits per heavy atom. The number of anilines is 2. The Kier molecular flexibility index (Phi) is 6.36. The second kappa shape index (κ2) is 9.59. The molecule has 1 saturated heterocycles. The van der Waals surface area contributed by atoms with Gasteiger partial charge in [-0.05, 0) is 49.8 Å². The first-order valence-electron chi connectivity index (χ1n) is 11.7. The fraction of sp³-hybridized carbons (Fsp3) is 0.346. The summed E-state index contributed by atoms with van der Waals surface area (Å²) in [5, 5.41) is 2.85. The number of amides is 1. The molecule has 8 nitrogen and oxygen atoms in total. The first-order valence-corrected chi connectivity index (χ1v) is 11.7. The SMILES string of the molecule is CN(C)Cc1cc(-c2cc(-c3ccc4c(c3)CCNC4=O)c(N)nc2F)cnc1N1CCOCC1. The van der Waals surface area contributed by atoms with Gasteiger partial charge in [0, 0.05) is 60.2 Å². The number of nitrogens with one attached hydrogen (secondary N) is 1. The Bertz CT molecular complexity index is 1270. The van der Waals surface area contributed by atoms with Crippen LogP contribution >= 0.6 is 0 Å². The summed E-state index contributed by atoms with van der Waals surface area (Å²) >= 11 is 0. The maximum atomic E-state index is 15.1. The van der Waals surface area contributed by atoms with E-state index in [1.165, 1.54) is 0 Å². The number of nitrogens with zero attached hydrogens (tertiary/aromatic N) is 4. The molecule has 3 aromatic rings. The van der Waals surface area contributed by atoms with Crippen molar-refractivity contribution in [3.63, 3.8) is 0 Å². The van der Waals surface area contributed by atoms with Crippen LogP contribution in [-0.4, -0.2) is 67.7 Å². The van der Waals surface area contributed by atoms with Crippen molar-refractivity contribution in [3.8, 4) is 22.3 Å². The van der Waals surface area contributed by atoms with E-state index in [9.17, 15) is 4.79 Å². The van der Waals surface area contributed by atoms with Gasteiger partial charge in [-0.15, -0.1) is 0 Å². The molecule has 3 N–H and O–H groups in total. The molecule has 182 valence electrons. The van der Waals surface area contributed by atoms with Crippen molar-refractivity contribution in [1.29, 1.82) is 0 Å². The Hall–Kier alpha value is -3.56. The number of carbonyl (C=O) groups excluding carboxylic acids is 1. The van der Waals surface area contributed by atoms with Crippen molar-refractivity contribution in [2.75, 3.05) is 57.6 Å². The third kappa shape index (κ3) is 4.69. The molecule has 4 heterocycles. The Morgan fingerprint density at radius 3 is 2.69 bits per heavy atom. The molecule has 9 heteroatoms. The highest BCUT2D eigenvalue weighted by atomic mass is 19.1. The monoisotopic (exact) mass is 476 g/mol. The summed E-state index contributed by atoms with van der Waals surface area (Å²) in [5.74, 6) is 0.282. The molecule has 2 aromatic heterocycles. The summed E-state index contributed by atoms with van der Waals surface area (Å²) in [6.07, 6.45) is 2.43. The van der Waals surface area contributed by atoms with Gasteiger partial charge in [-0.25, -0.2) is 9.97 Å². The van der Waals surface area contributed by atoms with E-state index in [0.29, 0.717) is 48.6 Å². The number of aromatic nitrogens is 2. The van der Waals surface area contributed by atoms with Gasteiger partial charge in [-0.2, -0.15) is 4.39 Å². The van der Waals surface area contributed by atoms with Gasteiger partial charge in [0.15, 0.2) is 0 Å². The van der Waals surface area contributed by atoms with Gasteiger partial charge in [-0.3, -0.25) is 4.79 Å². The standard InChI is InChI=1S/C26H29FN6O2/c1-32(2)15-19-12-18(14-30-25(19)33-7-9-35-10-8-33)21-13-22(24(28)31-23(21)27)16-3-4-20-17(11-16)5-6-29-26(20)34/h3-4,11-14H,5-10,15H2,1-2H3,(H2,28,31)(H,29,34). The zero-order chi connectivity index (χ0) is 24.5. The quantitative estimate of drug-likeness (QED) is 0.547. The van der Waals surface area contributed by atoms with Crippen molar-refractivity contribution in [3.05, 3.63) is 59.2 Å². The maximum Gasteiger partial charge on any atom is 0.251 e. The lowest BCUT2D eigenvalue weighted by molar-refractivity contribution is 0.0946. The van der Waals surface area contributed by atoms with Gasteiger partial charge in [0.25, 0.3) is 5.91 Å². The molecular formula is C26H29FN6O2. The largest absolute Gasteiger partial charge is 0.383 e. The number of rotatable bonds is 5. The van der Waals surface area contributed by atoms with Crippen molar-refractivity contribution >= 4 is 17.5 Å². The van der Waals surface area contributed by atoms with Crippen LogP contribution in [0.1, 0.15) is 21.5 Å². The highest BCUT2D eigenvalue weighted by Crippen LogP contribution is 2.34. The van der Waals surface area contributed by atoms with Crippen molar-refractivity contribution in [1.82, 2.24) is 20.2 Å². The Labute approximate surface area is 203 Å². The molecule has 1 aromatic carbocycles. The van der Waals surface area contributed by atoms with E-state index in [-0.39, 0.29) is 11.7 Å². The molecular weight excluding hydrogens is 447 g/mol. The highest BCUT2D eigenvalue weighted by Gasteiger charge is 2.21. The van der Waals surface area contributed by atoms with Crippen LogP contribution in [0.25, 0.3) is 22.3 Å². The van der Waals surface area contributed by atoms with Gasteiger partial charge in [0.2, 0.25) is 5.95 Å². The Balaban J connectivity index is 1.56. The molecule has 2 aliphatic heterocycles. The summed E-state index contributed by atoms with van der Waals surface area (Å²) in [6.45, 7) is 4.11. The molecule has 0 atom stereocenters. The third-order valence-corrected chi connectivity index (χ3v) is 6.40. The lowest BCUT2D eigenvalue weighted by Crippen LogP contribution is -2.37. The van der Waals surface area contributed by atoms with E-state index in [4.69, 9.17) is 15.5 Å². The fourth-order valence-electron chi connectivity index (χ4n) is 4.70. The molecule has 1 amide bonds. The minimum absolute atomic E-state index is 0.0801. The molecule has 0 aliphatic carbocycles. The number of hydrogen-bond acceptors (Lipinski definition) is 7. The van der Waals surface area contributed by atoms with Gasteiger partial charge < -0.3 is 25.6 Å². The lowest BCUT2D eigenvalue weighted by Gasteiger charge is -2.30. The van der Waals surface area contributed by atoms with Crippen LogP contribution in [0.15, 0.2) is 36.5 Å². The summed E-state index contributed by atoms with van der Waals surface area (Å²) in [6, 6.07) is 9.27. The van der Waals surface area contributed by atoms with Crippen molar-refractivity contribution in [2.45, 2.75) is 13.0 Å². The van der Waals surface area contributed by atoms with Crippen LogP contribution in [0.4, 0.5) is 16.0 Å². The number of hydrogen-bond donors (Lipinski definition) is 2. The molecule has 0 saturated carbocycles. The lowest BCUT2D eigenvalue weighted by atomic mass is 9.94. The topological polar surface area (TPSA) is 96.6 Å². The second-order valence-corrected chi connectivity index (χ2v) is 9.18. The molecule has 0 bridgehead atoms. The summed E-state index contributed by atoms with van der Waals surface area (Å²) in [7, 11) is 3.99. The van der Waals surface area contributed by atoms with Gasteiger partial charge in [0.1, 0.15) is 11.6 Å². The average molecular weight is 477 g/mol. The minimum Gasteiger partial charge on any atom is -0.383 e. The number of nitrogen functional groups attached to an aromatic ring is 1. The average Bonchev–Trinajstić information content (AvgIpc) is 2.84. The molecule has 0 radical (unpaired) electrons. The predicted molar refractivity (Wildman–Crippen MR) is 134 cm³/mol. The Morgan fingerprint density at radius 1 is 1.11 bits per heavy atom. The smallest absolute Gasteiger partial charge is 0.251 e. The van der Waals surface area contributed by atoms with Crippen LogP contribution < -0.4 is 16.0 Å². The van der Waals surface area contributed by atoms with E-state index in [2.05, 4.69) is 20.1 Å². The van der Waals surface area contributed by atoms with Crippen LogP contribution in [0.3, 0.4) is 0 Å². The molecule has 5 rings (SSSR count). The fourth-order valence-corrected chi connectivity index (χ4v) is 4.70. The van der Waals surface area contributed by atoms with E-state index < -0.39 is 5.95 Å². The minimum atomic E-state index is -0.639. The number of benzene rings is 1. The third-order valence-electron chi connectivity index (χ3n) is 6.40. The number of ether oxygens (including phenoxy) is 1. The number of nitrogens with two attached hydrogens (primary N) is 1. The summed E-state index contributed by atoms with van der Waals surface area (Å²) < 4.78 is 20.6.